The average molecular weight is 252 g/mol. The second-order valence-electron chi connectivity index (χ2n) is 7.46. The maximum atomic E-state index is 3.88. The highest BCUT2D eigenvalue weighted by Crippen LogP contribution is 2.32. The van der Waals surface area contributed by atoms with E-state index in [1.807, 2.05) is 0 Å². The molecule has 0 aromatic carbocycles. The van der Waals surface area contributed by atoms with Gasteiger partial charge < -0.3 is 10.2 Å². The zero-order valence-electron chi connectivity index (χ0n) is 12.8. The van der Waals surface area contributed by atoms with E-state index < -0.39 is 0 Å². The van der Waals surface area contributed by atoms with Gasteiger partial charge in [0.2, 0.25) is 0 Å². The van der Waals surface area contributed by atoms with Crippen LogP contribution in [-0.4, -0.2) is 37.6 Å². The second kappa shape index (κ2) is 5.92. The van der Waals surface area contributed by atoms with Crippen LogP contribution in [0.25, 0.3) is 0 Å². The maximum absolute atomic E-state index is 3.88. The molecule has 1 heterocycles. The summed E-state index contributed by atoms with van der Waals surface area (Å²) in [7, 11) is 2.25. The number of likely N-dealkylation sites (tertiary alicyclic amines) is 1. The highest BCUT2D eigenvalue weighted by molar-refractivity contribution is 4.86. The molecule has 1 aliphatic carbocycles. The van der Waals surface area contributed by atoms with Gasteiger partial charge in [0.25, 0.3) is 0 Å². The van der Waals surface area contributed by atoms with Gasteiger partial charge in [-0.25, -0.2) is 0 Å². The molecule has 2 heteroatoms. The lowest BCUT2D eigenvalue weighted by molar-refractivity contribution is 0.125. The fourth-order valence-electron chi connectivity index (χ4n) is 3.46. The van der Waals surface area contributed by atoms with Crippen LogP contribution in [0.2, 0.25) is 0 Å². The molecule has 0 amide bonds. The summed E-state index contributed by atoms with van der Waals surface area (Å²) < 4.78 is 0. The van der Waals surface area contributed by atoms with Gasteiger partial charge in [-0.2, -0.15) is 0 Å². The van der Waals surface area contributed by atoms with E-state index in [2.05, 4.69) is 38.0 Å². The van der Waals surface area contributed by atoms with E-state index in [1.54, 1.807) is 0 Å². The third-order valence-corrected chi connectivity index (χ3v) is 5.61. The first kappa shape index (κ1) is 14.3. The summed E-state index contributed by atoms with van der Waals surface area (Å²) in [5.41, 5.74) is 0.540. The molecule has 2 aliphatic rings. The summed E-state index contributed by atoms with van der Waals surface area (Å²) in [6.07, 6.45) is 6.90. The van der Waals surface area contributed by atoms with E-state index >= 15 is 0 Å². The number of nitrogens with zero attached hydrogens (tertiary/aromatic N) is 1. The first-order valence-electron chi connectivity index (χ1n) is 7.90. The molecule has 2 nitrogen and oxygen atoms in total. The number of nitrogens with one attached hydrogen (secondary N) is 1. The summed E-state index contributed by atoms with van der Waals surface area (Å²) in [6.45, 7) is 11.1. The molecule has 0 radical (unpaired) electrons. The molecule has 3 unspecified atom stereocenters. The van der Waals surface area contributed by atoms with Gasteiger partial charge in [-0.1, -0.05) is 20.8 Å². The SMILES string of the molecule is CC1CCC(NCC2(C)CCN(C)CC2)CC1C. The van der Waals surface area contributed by atoms with Gasteiger partial charge in [0, 0.05) is 12.6 Å². The molecule has 2 rings (SSSR count). The van der Waals surface area contributed by atoms with Crippen LogP contribution >= 0.6 is 0 Å². The molecule has 1 saturated carbocycles. The van der Waals surface area contributed by atoms with Gasteiger partial charge in [-0.15, -0.1) is 0 Å². The normalized spacial score (nSPS) is 37.7. The Morgan fingerprint density at radius 1 is 1.11 bits per heavy atom. The Bertz CT molecular complexity index is 256. The van der Waals surface area contributed by atoms with Gasteiger partial charge in [0.05, 0.1) is 0 Å². The average Bonchev–Trinajstić information content (AvgIpc) is 2.35. The first-order valence-corrected chi connectivity index (χ1v) is 7.90. The lowest BCUT2D eigenvalue weighted by Gasteiger charge is -2.40. The minimum atomic E-state index is 0.540. The van der Waals surface area contributed by atoms with Gasteiger partial charge in [0.1, 0.15) is 0 Å². The van der Waals surface area contributed by atoms with E-state index in [9.17, 15) is 0 Å². The van der Waals surface area contributed by atoms with Crippen molar-refractivity contribution in [1.82, 2.24) is 10.2 Å². The Balaban J connectivity index is 1.74. The Hall–Kier alpha value is -0.0800. The molecule has 3 atom stereocenters. The van der Waals surface area contributed by atoms with Crippen LogP contribution in [0.4, 0.5) is 0 Å². The Kier molecular flexibility index (Phi) is 4.71. The largest absolute Gasteiger partial charge is 0.313 e. The van der Waals surface area contributed by atoms with Crippen molar-refractivity contribution in [1.29, 1.82) is 0 Å². The zero-order valence-corrected chi connectivity index (χ0v) is 12.8. The van der Waals surface area contributed by atoms with E-state index in [0.717, 1.165) is 17.9 Å². The fraction of sp³-hybridized carbons (Fsp3) is 1.00. The molecule has 0 aromatic heterocycles. The van der Waals surface area contributed by atoms with Crippen molar-refractivity contribution in [2.45, 2.75) is 58.9 Å². The Labute approximate surface area is 114 Å². The lowest BCUT2D eigenvalue weighted by Crippen LogP contribution is -2.46. The Morgan fingerprint density at radius 3 is 2.39 bits per heavy atom. The van der Waals surface area contributed by atoms with Gasteiger partial charge in [-0.3, -0.25) is 0 Å². The number of hydrogen-bond acceptors (Lipinski definition) is 2. The van der Waals surface area contributed by atoms with Crippen LogP contribution in [-0.2, 0) is 0 Å². The molecule has 2 fully saturated rings. The standard InChI is InChI=1S/C16H32N2/c1-13-5-6-15(11-14(13)2)17-12-16(3)7-9-18(4)10-8-16/h13-15,17H,5-12H2,1-4H3. The number of piperidine rings is 1. The minimum Gasteiger partial charge on any atom is -0.313 e. The molecule has 18 heavy (non-hydrogen) atoms. The van der Waals surface area contributed by atoms with E-state index in [-0.39, 0.29) is 0 Å². The molecule has 0 spiro atoms. The molecular formula is C16H32N2. The smallest absolute Gasteiger partial charge is 0.00700 e. The molecule has 1 N–H and O–H groups in total. The summed E-state index contributed by atoms with van der Waals surface area (Å²) >= 11 is 0. The number of rotatable bonds is 3. The lowest BCUT2D eigenvalue weighted by atomic mass is 9.77. The van der Waals surface area contributed by atoms with E-state index in [0.29, 0.717) is 5.41 Å². The third-order valence-electron chi connectivity index (χ3n) is 5.61. The fourth-order valence-corrected chi connectivity index (χ4v) is 3.46. The van der Waals surface area contributed by atoms with Crippen LogP contribution in [0.3, 0.4) is 0 Å². The van der Waals surface area contributed by atoms with Gasteiger partial charge in [-0.05, 0) is 69.5 Å². The summed E-state index contributed by atoms with van der Waals surface area (Å²) in [6, 6.07) is 0.785. The molecule has 0 bridgehead atoms. The van der Waals surface area contributed by atoms with Crippen molar-refractivity contribution in [3.05, 3.63) is 0 Å². The van der Waals surface area contributed by atoms with Crippen molar-refractivity contribution in [2.75, 3.05) is 26.7 Å². The van der Waals surface area contributed by atoms with Gasteiger partial charge in [0.15, 0.2) is 0 Å². The number of hydrogen-bond donors (Lipinski definition) is 1. The maximum Gasteiger partial charge on any atom is 0.00700 e. The van der Waals surface area contributed by atoms with E-state index in [4.69, 9.17) is 0 Å². The molecule has 1 aliphatic heterocycles. The summed E-state index contributed by atoms with van der Waals surface area (Å²) in [5, 5.41) is 3.88. The highest BCUT2D eigenvalue weighted by atomic mass is 15.1. The van der Waals surface area contributed by atoms with Crippen molar-refractivity contribution in [3.63, 3.8) is 0 Å². The first-order chi connectivity index (χ1) is 8.48. The molecule has 1 saturated heterocycles. The molecular weight excluding hydrogens is 220 g/mol. The van der Waals surface area contributed by atoms with Crippen molar-refractivity contribution < 1.29 is 0 Å². The molecule has 106 valence electrons. The van der Waals surface area contributed by atoms with Crippen LogP contribution in [0, 0.1) is 17.3 Å². The van der Waals surface area contributed by atoms with Crippen LogP contribution in [0.1, 0.15) is 52.9 Å². The zero-order chi connectivity index (χ0) is 13.2. The summed E-state index contributed by atoms with van der Waals surface area (Å²) in [4.78, 5) is 2.46. The topological polar surface area (TPSA) is 15.3 Å². The quantitative estimate of drug-likeness (QED) is 0.830. The van der Waals surface area contributed by atoms with Gasteiger partial charge >= 0.3 is 0 Å². The Morgan fingerprint density at radius 2 is 1.78 bits per heavy atom. The highest BCUT2D eigenvalue weighted by Gasteiger charge is 2.30. The van der Waals surface area contributed by atoms with Crippen molar-refractivity contribution in [2.24, 2.45) is 17.3 Å². The van der Waals surface area contributed by atoms with E-state index in [1.165, 1.54) is 51.7 Å². The molecule has 0 aromatic rings. The minimum absolute atomic E-state index is 0.540. The van der Waals surface area contributed by atoms with Crippen LogP contribution in [0.5, 0.6) is 0 Å². The van der Waals surface area contributed by atoms with Crippen molar-refractivity contribution >= 4 is 0 Å². The monoisotopic (exact) mass is 252 g/mol. The third kappa shape index (κ3) is 3.71. The van der Waals surface area contributed by atoms with Crippen molar-refractivity contribution in [3.8, 4) is 0 Å². The van der Waals surface area contributed by atoms with Crippen LogP contribution in [0.15, 0.2) is 0 Å². The predicted molar refractivity (Wildman–Crippen MR) is 78.8 cm³/mol. The second-order valence-corrected chi connectivity index (χ2v) is 7.46. The van der Waals surface area contributed by atoms with Crippen LogP contribution < -0.4 is 5.32 Å². The predicted octanol–water partition coefficient (Wildman–Crippen LogP) is 3.13. The summed E-state index contributed by atoms with van der Waals surface area (Å²) in [5.74, 6) is 1.84.